The Bertz CT molecular complexity index is 817. The number of amides is 1. The van der Waals surface area contributed by atoms with Crippen molar-refractivity contribution < 1.29 is 19.4 Å². The summed E-state index contributed by atoms with van der Waals surface area (Å²) in [5.41, 5.74) is 7.58. The highest BCUT2D eigenvalue weighted by atomic mass is 35.5. The molecule has 1 unspecified atom stereocenters. The number of hydrogen-bond acceptors (Lipinski definition) is 4. The molecule has 2 rings (SSSR count). The Labute approximate surface area is 162 Å². The normalized spacial score (nSPS) is 16.1. The van der Waals surface area contributed by atoms with Crippen LogP contribution in [0.4, 0.5) is 0 Å². The van der Waals surface area contributed by atoms with Crippen molar-refractivity contribution in [2.45, 2.75) is 19.8 Å². The largest absolute Gasteiger partial charge is 0.486 e. The number of carboxylic acids is 1. The minimum atomic E-state index is -1.11. The predicted molar refractivity (Wildman–Crippen MR) is 103 cm³/mol. The van der Waals surface area contributed by atoms with Gasteiger partial charge in [-0.3, -0.25) is 10.2 Å². The molecule has 0 heterocycles. The fraction of sp³-hybridized carbons (Fsp3) is 0.316. The third-order valence-electron chi connectivity index (χ3n) is 4.13. The van der Waals surface area contributed by atoms with Crippen LogP contribution in [0.2, 0.25) is 5.02 Å². The summed E-state index contributed by atoms with van der Waals surface area (Å²) in [5, 5.41) is 19.7. The standard InChI is InChI=1S/C19H22ClN3O4/c1-2-11-5-14(7-15(20)6-11)19(26)23-9-13-4-3-12(18(21)22)8-16(13)27-10-17(24)25/h3-7,12H,2,8-10H2,1H3,(H3,21,22)(H,23,26)(H,24,25). The first kappa shape index (κ1) is 20.5. The number of nitrogens with one attached hydrogen (secondary N) is 2. The predicted octanol–water partition coefficient (Wildman–Crippen LogP) is 2.50. The van der Waals surface area contributed by atoms with Crippen LogP contribution < -0.4 is 11.1 Å². The van der Waals surface area contributed by atoms with E-state index in [0.29, 0.717) is 21.9 Å². The molecule has 144 valence electrons. The number of carboxylic acid groups (broad SMARTS) is 1. The van der Waals surface area contributed by atoms with Crippen LogP contribution in [-0.2, 0) is 16.0 Å². The van der Waals surface area contributed by atoms with Gasteiger partial charge < -0.3 is 20.9 Å². The molecule has 0 saturated carbocycles. The molecule has 1 aliphatic rings. The maximum atomic E-state index is 12.4. The van der Waals surface area contributed by atoms with E-state index in [1.54, 1.807) is 24.3 Å². The molecule has 5 N–H and O–H groups in total. The molecular weight excluding hydrogens is 370 g/mol. The lowest BCUT2D eigenvalue weighted by Gasteiger charge is -2.22. The Balaban J connectivity index is 2.12. The Morgan fingerprint density at radius 2 is 2.15 bits per heavy atom. The number of aryl methyl sites for hydroxylation is 1. The van der Waals surface area contributed by atoms with Crippen LogP contribution in [0.3, 0.4) is 0 Å². The first-order valence-electron chi connectivity index (χ1n) is 8.46. The molecule has 1 atom stereocenters. The lowest BCUT2D eigenvalue weighted by Crippen LogP contribution is -2.29. The fourth-order valence-electron chi connectivity index (χ4n) is 2.66. The van der Waals surface area contributed by atoms with Gasteiger partial charge in [0.1, 0.15) is 5.76 Å². The van der Waals surface area contributed by atoms with E-state index in [9.17, 15) is 9.59 Å². The Hall–Kier alpha value is -2.80. The number of hydrogen-bond donors (Lipinski definition) is 4. The Morgan fingerprint density at radius 3 is 2.78 bits per heavy atom. The summed E-state index contributed by atoms with van der Waals surface area (Å²) in [6.45, 7) is 1.63. The van der Waals surface area contributed by atoms with E-state index in [1.165, 1.54) is 0 Å². The van der Waals surface area contributed by atoms with Gasteiger partial charge in [0.2, 0.25) is 0 Å². The molecule has 1 aromatic rings. The molecule has 0 aliphatic heterocycles. The number of aliphatic carboxylic acids is 1. The second kappa shape index (κ2) is 9.23. The number of ether oxygens (including phenoxy) is 1. The summed E-state index contributed by atoms with van der Waals surface area (Å²) in [4.78, 5) is 23.2. The van der Waals surface area contributed by atoms with Crippen LogP contribution in [-0.4, -0.2) is 36.0 Å². The number of halogens is 1. The lowest BCUT2D eigenvalue weighted by molar-refractivity contribution is -0.140. The van der Waals surface area contributed by atoms with Gasteiger partial charge in [-0.25, -0.2) is 4.79 Å². The summed E-state index contributed by atoms with van der Waals surface area (Å²) in [6, 6.07) is 5.18. The van der Waals surface area contributed by atoms with Gasteiger partial charge in [0.15, 0.2) is 6.61 Å². The third kappa shape index (κ3) is 5.86. The van der Waals surface area contributed by atoms with Crippen LogP contribution in [0, 0.1) is 11.3 Å². The maximum absolute atomic E-state index is 12.4. The molecule has 0 bridgehead atoms. The van der Waals surface area contributed by atoms with Crippen molar-refractivity contribution in [1.82, 2.24) is 5.32 Å². The number of nitrogens with two attached hydrogens (primary N) is 1. The number of rotatable bonds is 8. The number of carbonyl (C=O) groups is 2. The molecule has 8 heteroatoms. The molecule has 0 radical (unpaired) electrons. The smallest absolute Gasteiger partial charge is 0.341 e. The van der Waals surface area contributed by atoms with Crippen molar-refractivity contribution in [1.29, 1.82) is 5.41 Å². The first-order chi connectivity index (χ1) is 12.8. The maximum Gasteiger partial charge on any atom is 0.341 e. The molecule has 0 spiro atoms. The van der Waals surface area contributed by atoms with Gasteiger partial charge in [0.25, 0.3) is 5.91 Å². The number of amidine groups is 1. The van der Waals surface area contributed by atoms with Gasteiger partial charge in [-0.1, -0.05) is 30.7 Å². The number of carbonyl (C=O) groups excluding carboxylic acids is 1. The van der Waals surface area contributed by atoms with Crippen LogP contribution in [0.15, 0.2) is 41.7 Å². The molecule has 27 heavy (non-hydrogen) atoms. The zero-order valence-corrected chi connectivity index (χ0v) is 15.7. The van der Waals surface area contributed by atoms with E-state index in [2.05, 4.69) is 5.32 Å². The highest BCUT2D eigenvalue weighted by Gasteiger charge is 2.21. The summed E-state index contributed by atoms with van der Waals surface area (Å²) >= 11 is 6.05. The zero-order valence-electron chi connectivity index (χ0n) is 14.9. The van der Waals surface area contributed by atoms with E-state index in [4.69, 9.17) is 32.6 Å². The topological polar surface area (TPSA) is 125 Å². The summed E-state index contributed by atoms with van der Waals surface area (Å²) in [6.07, 6.45) is 4.48. The van der Waals surface area contributed by atoms with Crippen LogP contribution >= 0.6 is 11.6 Å². The SMILES string of the molecule is CCc1cc(Cl)cc(C(=O)NCC2=C(OCC(=O)O)CC(C(=N)N)C=C2)c1. The quantitative estimate of drug-likeness (QED) is 0.400. The van der Waals surface area contributed by atoms with Crippen LogP contribution in [0.1, 0.15) is 29.3 Å². The molecule has 1 aliphatic carbocycles. The lowest BCUT2D eigenvalue weighted by atomic mass is 9.94. The molecule has 0 fully saturated rings. The van der Waals surface area contributed by atoms with Gasteiger partial charge in [0.05, 0.1) is 5.84 Å². The van der Waals surface area contributed by atoms with E-state index in [-0.39, 0.29) is 30.6 Å². The highest BCUT2D eigenvalue weighted by molar-refractivity contribution is 6.31. The van der Waals surface area contributed by atoms with E-state index in [0.717, 1.165) is 12.0 Å². The van der Waals surface area contributed by atoms with Crippen molar-refractivity contribution in [3.8, 4) is 0 Å². The summed E-state index contributed by atoms with van der Waals surface area (Å²) in [7, 11) is 0. The Morgan fingerprint density at radius 1 is 1.41 bits per heavy atom. The number of allylic oxidation sites excluding steroid dienone is 1. The van der Waals surface area contributed by atoms with Crippen molar-refractivity contribution in [2.75, 3.05) is 13.2 Å². The van der Waals surface area contributed by atoms with Gasteiger partial charge in [-0.2, -0.15) is 0 Å². The van der Waals surface area contributed by atoms with Crippen LogP contribution in [0.5, 0.6) is 0 Å². The minimum Gasteiger partial charge on any atom is -0.486 e. The van der Waals surface area contributed by atoms with Gasteiger partial charge in [0, 0.05) is 35.0 Å². The third-order valence-corrected chi connectivity index (χ3v) is 4.35. The summed E-state index contributed by atoms with van der Waals surface area (Å²) in [5.74, 6) is -1.38. The van der Waals surface area contributed by atoms with E-state index in [1.807, 2.05) is 13.0 Å². The molecule has 1 amide bonds. The minimum absolute atomic E-state index is 0.0308. The molecule has 0 aromatic heterocycles. The molecular formula is C19H22ClN3O4. The van der Waals surface area contributed by atoms with Gasteiger partial charge in [-0.05, 0) is 30.2 Å². The van der Waals surface area contributed by atoms with Gasteiger partial charge in [-0.15, -0.1) is 0 Å². The van der Waals surface area contributed by atoms with Crippen molar-refractivity contribution in [3.63, 3.8) is 0 Å². The molecule has 1 aromatic carbocycles. The first-order valence-corrected chi connectivity index (χ1v) is 8.84. The Kier molecular flexibility index (Phi) is 7.01. The molecule has 0 saturated heterocycles. The van der Waals surface area contributed by atoms with Crippen molar-refractivity contribution >= 4 is 29.3 Å². The summed E-state index contributed by atoms with van der Waals surface area (Å²) < 4.78 is 5.34. The van der Waals surface area contributed by atoms with E-state index < -0.39 is 12.6 Å². The number of benzene rings is 1. The monoisotopic (exact) mass is 391 g/mol. The van der Waals surface area contributed by atoms with Crippen molar-refractivity contribution in [3.05, 3.63) is 57.8 Å². The second-order valence-corrected chi connectivity index (χ2v) is 6.58. The van der Waals surface area contributed by atoms with Crippen molar-refractivity contribution in [2.24, 2.45) is 11.7 Å². The zero-order chi connectivity index (χ0) is 20.0. The van der Waals surface area contributed by atoms with Crippen LogP contribution in [0.25, 0.3) is 0 Å². The average molecular weight is 392 g/mol. The highest BCUT2D eigenvalue weighted by Crippen LogP contribution is 2.24. The van der Waals surface area contributed by atoms with E-state index >= 15 is 0 Å². The fourth-order valence-corrected chi connectivity index (χ4v) is 2.92. The van der Waals surface area contributed by atoms with Gasteiger partial charge >= 0.3 is 5.97 Å². The molecule has 7 nitrogen and oxygen atoms in total. The average Bonchev–Trinajstić information content (AvgIpc) is 2.63. The second-order valence-electron chi connectivity index (χ2n) is 6.14.